The molecule has 0 aliphatic carbocycles. The lowest BCUT2D eigenvalue weighted by molar-refractivity contribution is -0.171. The van der Waals surface area contributed by atoms with E-state index in [-0.39, 0.29) is 12.5 Å². The van der Waals surface area contributed by atoms with Crippen LogP contribution in [0.1, 0.15) is 27.2 Å². The summed E-state index contributed by atoms with van der Waals surface area (Å²) in [5, 5.41) is 2.82. The topological polar surface area (TPSA) is 90.7 Å². The summed E-state index contributed by atoms with van der Waals surface area (Å²) in [6.45, 7) is 5.61. The van der Waals surface area contributed by atoms with Crippen LogP contribution in [0.2, 0.25) is 0 Å². The van der Waals surface area contributed by atoms with E-state index < -0.39 is 23.1 Å². The molecule has 1 aliphatic heterocycles. The second-order valence-electron chi connectivity index (χ2n) is 5.24. The average Bonchev–Trinajstić information content (AvgIpc) is 2.58. The molecule has 6 heteroatoms. The molecule has 2 atom stereocenters. The maximum absolute atomic E-state index is 12.1. The monoisotopic (exact) mass is 244 g/mol. The smallest absolute Gasteiger partial charge is 0.338 e. The molecule has 1 rings (SSSR count). The average molecular weight is 244 g/mol. The molecule has 3 N–H and O–H groups in total. The molecular weight excluding hydrogens is 224 g/mol. The predicted octanol–water partition coefficient (Wildman–Crippen LogP) is -0.439. The van der Waals surface area contributed by atoms with Gasteiger partial charge >= 0.3 is 11.9 Å². The lowest BCUT2D eigenvalue weighted by Crippen LogP contribution is -2.57. The number of hydrogen-bond donors (Lipinski definition) is 2. The van der Waals surface area contributed by atoms with Crippen molar-refractivity contribution in [1.29, 1.82) is 0 Å². The highest BCUT2D eigenvalue weighted by atomic mass is 16.6. The zero-order valence-electron chi connectivity index (χ0n) is 10.7. The Bertz CT molecular complexity index is 324. The number of carbonyl (C=O) groups is 2. The van der Waals surface area contributed by atoms with Crippen LogP contribution in [-0.4, -0.2) is 42.8 Å². The van der Waals surface area contributed by atoms with E-state index >= 15 is 0 Å². The van der Waals surface area contributed by atoms with Gasteiger partial charge in [0, 0.05) is 19.0 Å². The van der Waals surface area contributed by atoms with Crippen LogP contribution in [0, 0.1) is 0 Å². The SMILES string of the molecule is COC(=O)[C@]1(C(=O)OC(C)(C)C)CC(N)CN1. The number of carbonyl (C=O) groups excluding carboxylic acids is 2. The van der Waals surface area contributed by atoms with Gasteiger partial charge in [-0.25, -0.2) is 9.59 Å². The Kier molecular flexibility index (Phi) is 3.78. The molecule has 0 amide bonds. The molecular formula is C11H20N2O4. The molecule has 0 saturated carbocycles. The van der Waals surface area contributed by atoms with Crippen molar-refractivity contribution in [3.8, 4) is 0 Å². The van der Waals surface area contributed by atoms with Gasteiger partial charge in [-0.1, -0.05) is 0 Å². The van der Waals surface area contributed by atoms with E-state index in [4.69, 9.17) is 10.5 Å². The van der Waals surface area contributed by atoms with Crippen molar-refractivity contribution < 1.29 is 19.1 Å². The molecule has 17 heavy (non-hydrogen) atoms. The van der Waals surface area contributed by atoms with E-state index in [1.54, 1.807) is 20.8 Å². The van der Waals surface area contributed by atoms with Gasteiger partial charge in [0.2, 0.25) is 5.54 Å². The summed E-state index contributed by atoms with van der Waals surface area (Å²) in [5.41, 5.74) is 3.61. The molecule has 0 aromatic carbocycles. The second kappa shape index (κ2) is 4.62. The zero-order valence-corrected chi connectivity index (χ0v) is 10.7. The number of ether oxygens (including phenoxy) is 2. The van der Waals surface area contributed by atoms with E-state index in [1.807, 2.05) is 0 Å². The molecule has 0 aromatic heterocycles. The first-order valence-corrected chi connectivity index (χ1v) is 5.54. The van der Waals surface area contributed by atoms with E-state index in [2.05, 4.69) is 10.1 Å². The van der Waals surface area contributed by atoms with Crippen LogP contribution in [0.15, 0.2) is 0 Å². The van der Waals surface area contributed by atoms with Crippen LogP contribution in [0.25, 0.3) is 0 Å². The minimum Gasteiger partial charge on any atom is -0.467 e. The summed E-state index contributed by atoms with van der Waals surface area (Å²) in [6.07, 6.45) is 0.189. The Morgan fingerprint density at radius 3 is 2.29 bits per heavy atom. The molecule has 1 aliphatic rings. The highest BCUT2D eigenvalue weighted by Gasteiger charge is 2.54. The van der Waals surface area contributed by atoms with Crippen molar-refractivity contribution in [2.75, 3.05) is 13.7 Å². The van der Waals surface area contributed by atoms with Gasteiger partial charge in [0.15, 0.2) is 0 Å². The summed E-state index contributed by atoms with van der Waals surface area (Å²) in [7, 11) is 1.24. The van der Waals surface area contributed by atoms with E-state index in [0.717, 1.165) is 0 Å². The Morgan fingerprint density at radius 1 is 1.35 bits per heavy atom. The number of hydrogen-bond acceptors (Lipinski definition) is 6. The summed E-state index contributed by atoms with van der Waals surface area (Å²) >= 11 is 0. The van der Waals surface area contributed by atoms with Gasteiger partial charge in [-0.15, -0.1) is 0 Å². The number of nitrogens with two attached hydrogens (primary N) is 1. The Balaban J connectivity index is 2.92. The standard InChI is InChI=1S/C11H20N2O4/c1-10(2,3)17-9(15)11(8(14)16-4)5-7(12)6-13-11/h7,13H,5-6,12H2,1-4H3/t7?,11-/m0/s1. The van der Waals surface area contributed by atoms with Crippen molar-refractivity contribution in [2.45, 2.75) is 44.4 Å². The quantitative estimate of drug-likeness (QED) is 0.505. The molecule has 1 saturated heterocycles. The molecule has 1 fully saturated rings. The lowest BCUT2D eigenvalue weighted by Gasteiger charge is -2.29. The summed E-state index contributed by atoms with van der Waals surface area (Å²) in [5.74, 6) is -1.29. The minimum atomic E-state index is -1.46. The van der Waals surface area contributed by atoms with Gasteiger partial charge in [-0.05, 0) is 20.8 Å². The summed E-state index contributed by atoms with van der Waals surface area (Å²) < 4.78 is 9.90. The molecule has 1 unspecified atom stereocenters. The van der Waals surface area contributed by atoms with Crippen LogP contribution in [-0.2, 0) is 19.1 Å². The number of rotatable bonds is 2. The molecule has 0 aromatic rings. The van der Waals surface area contributed by atoms with Gasteiger partial charge in [-0.3, -0.25) is 5.32 Å². The van der Waals surface area contributed by atoms with Crippen LogP contribution in [0.5, 0.6) is 0 Å². The van der Waals surface area contributed by atoms with Crippen molar-refractivity contribution in [3.63, 3.8) is 0 Å². The third kappa shape index (κ3) is 2.95. The van der Waals surface area contributed by atoms with E-state index in [1.165, 1.54) is 7.11 Å². The largest absolute Gasteiger partial charge is 0.467 e. The van der Waals surface area contributed by atoms with Crippen molar-refractivity contribution >= 4 is 11.9 Å². The highest BCUT2D eigenvalue weighted by Crippen LogP contribution is 2.24. The normalized spacial score (nSPS) is 28.9. The molecule has 1 heterocycles. The first-order valence-electron chi connectivity index (χ1n) is 5.54. The van der Waals surface area contributed by atoms with Gasteiger partial charge in [0.05, 0.1) is 7.11 Å². The number of esters is 2. The molecule has 0 radical (unpaired) electrons. The van der Waals surface area contributed by atoms with Crippen molar-refractivity contribution in [3.05, 3.63) is 0 Å². The molecule has 0 spiro atoms. The molecule has 0 bridgehead atoms. The minimum absolute atomic E-state index is 0.189. The van der Waals surface area contributed by atoms with Crippen LogP contribution in [0.3, 0.4) is 0 Å². The maximum atomic E-state index is 12.1. The zero-order chi connectivity index (χ0) is 13.3. The first-order chi connectivity index (χ1) is 7.71. The van der Waals surface area contributed by atoms with Crippen LogP contribution in [0.4, 0.5) is 0 Å². The first kappa shape index (κ1) is 13.9. The fourth-order valence-electron chi connectivity index (χ4n) is 1.78. The third-order valence-corrected chi connectivity index (χ3v) is 2.52. The Morgan fingerprint density at radius 2 is 1.94 bits per heavy atom. The van der Waals surface area contributed by atoms with Crippen molar-refractivity contribution in [2.24, 2.45) is 5.73 Å². The highest BCUT2D eigenvalue weighted by molar-refractivity contribution is 6.05. The Labute approximate surface area is 101 Å². The van der Waals surface area contributed by atoms with E-state index in [0.29, 0.717) is 6.54 Å². The van der Waals surface area contributed by atoms with Gasteiger partial charge in [0.1, 0.15) is 5.60 Å². The molecule has 6 nitrogen and oxygen atoms in total. The van der Waals surface area contributed by atoms with Gasteiger partial charge in [-0.2, -0.15) is 0 Å². The van der Waals surface area contributed by atoms with Gasteiger partial charge in [0.25, 0.3) is 0 Å². The maximum Gasteiger partial charge on any atom is 0.338 e. The van der Waals surface area contributed by atoms with Gasteiger partial charge < -0.3 is 15.2 Å². The van der Waals surface area contributed by atoms with Crippen LogP contribution >= 0.6 is 0 Å². The fourth-order valence-corrected chi connectivity index (χ4v) is 1.78. The molecule has 98 valence electrons. The number of methoxy groups -OCH3 is 1. The second-order valence-corrected chi connectivity index (χ2v) is 5.24. The fraction of sp³-hybridized carbons (Fsp3) is 0.818. The third-order valence-electron chi connectivity index (χ3n) is 2.52. The Hall–Kier alpha value is -1.14. The predicted molar refractivity (Wildman–Crippen MR) is 61.2 cm³/mol. The number of nitrogens with one attached hydrogen (secondary N) is 1. The lowest BCUT2D eigenvalue weighted by atomic mass is 9.96. The summed E-state index contributed by atoms with van der Waals surface area (Å²) in [4.78, 5) is 23.9. The van der Waals surface area contributed by atoms with Crippen LogP contribution < -0.4 is 11.1 Å². The van der Waals surface area contributed by atoms with Crippen molar-refractivity contribution in [1.82, 2.24) is 5.32 Å². The van der Waals surface area contributed by atoms with E-state index in [9.17, 15) is 9.59 Å². The summed E-state index contributed by atoms with van der Waals surface area (Å²) in [6, 6.07) is -0.262.